The van der Waals surface area contributed by atoms with Gasteiger partial charge in [0.05, 0.1) is 12.5 Å². The van der Waals surface area contributed by atoms with Gasteiger partial charge in [0.25, 0.3) is 0 Å². The quantitative estimate of drug-likeness (QED) is 0.772. The third kappa shape index (κ3) is 2.18. The van der Waals surface area contributed by atoms with Crippen LogP contribution in [0.3, 0.4) is 0 Å². The summed E-state index contributed by atoms with van der Waals surface area (Å²) in [5.74, 6) is 0.00731. The molecule has 0 spiro atoms. The number of nitriles is 1. The van der Waals surface area contributed by atoms with Gasteiger partial charge in [0.15, 0.2) is 5.78 Å². The third-order valence-electron chi connectivity index (χ3n) is 3.02. The van der Waals surface area contributed by atoms with E-state index < -0.39 is 0 Å². The van der Waals surface area contributed by atoms with Gasteiger partial charge in [0.2, 0.25) is 0 Å². The first-order chi connectivity index (χ1) is 8.63. The fraction of sp³-hybridized carbons (Fsp3) is 0.200. The molecule has 0 bridgehead atoms. The summed E-state index contributed by atoms with van der Waals surface area (Å²) in [7, 11) is 1.85. The van der Waals surface area contributed by atoms with Gasteiger partial charge in [-0.2, -0.15) is 5.26 Å². The minimum atomic E-state index is 0.00731. The molecule has 1 heterocycles. The van der Waals surface area contributed by atoms with Crippen LogP contribution >= 0.6 is 0 Å². The Labute approximate surface area is 106 Å². The molecule has 0 aliphatic carbocycles. The van der Waals surface area contributed by atoms with E-state index in [1.165, 1.54) is 0 Å². The van der Waals surface area contributed by atoms with Crippen LogP contribution in [0.2, 0.25) is 0 Å². The molecule has 2 rings (SSSR count). The van der Waals surface area contributed by atoms with Crippen molar-refractivity contribution in [3.8, 4) is 6.07 Å². The van der Waals surface area contributed by atoms with E-state index in [2.05, 4.69) is 6.07 Å². The SMILES string of the molecule is Cc1ccccc1C(=O)c1cc(CC#N)n(C)c1. The molecule has 3 heteroatoms. The van der Waals surface area contributed by atoms with Crippen molar-refractivity contribution in [1.29, 1.82) is 5.26 Å². The summed E-state index contributed by atoms with van der Waals surface area (Å²) in [5.41, 5.74) is 3.17. The zero-order valence-electron chi connectivity index (χ0n) is 10.5. The largest absolute Gasteiger partial charge is 0.353 e. The van der Waals surface area contributed by atoms with Crippen molar-refractivity contribution in [2.24, 2.45) is 7.05 Å². The predicted molar refractivity (Wildman–Crippen MR) is 69.3 cm³/mol. The Morgan fingerprint density at radius 3 is 2.78 bits per heavy atom. The van der Waals surface area contributed by atoms with Crippen LogP contribution in [0.25, 0.3) is 0 Å². The Morgan fingerprint density at radius 2 is 2.11 bits per heavy atom. The molecule has 2 aromatic rings. The normalized spacial score (nSPS) is 10.1. The average molecular weight is 238 g/mol. The van der Waals surface area contributed by atoms with E-state index in [1.54, 1.807) is 12.3 Å². The highest BCUT2D eigenvalue weighted by Crippen LogP contribution is 2.16. The van der Waals surface area contributed by atoms with Gasteiger partial charge in [-0.05, 0) is 18.6 Å². The predicted octanol–water partition coefficient (Wildman–Crippen LogP) is 2.63. The maximum atomic E-state index is 12.3. The van der Waals surface area contributed by atoms with Gasteiger partial charge in [-0.15, -0.1) is 0 Å². The van der Waals surface area contributed by atoms with Crippen LogP contribution in [0.1, 0.15) is 27.2 Å². The second-order valence-corrected chi connectivity index (χ2v) is 4.31. The Bertz CT molecular complexity index is 632. The maximum absolute atomic E-state index is 12.3. The topological polar surface area (TPSA) is 45.8 Å². The number of hydrogen-bond acceptors (Lipinski definition) is 2. The lowest BCUT2D eigenvalue weighted by Gasteiger charge is -2.02. The molecule has 0 aliphatic rings. The summed E-state index contributed by atoms with van der Waals surface area (Å²) >= 11 is 0. The summed E-state index contributed by atoms with van der Waals surface area (Å²) < 4.78 is 1.83. The van der Waals surface area contributed by atoms with Crippen molar-refractivity contribution in [3.63, 3.8) is 0 Å². The lowest BCUT2D eigenvalue weighted by Crippen LogP contribution is -2.02. The first-order valence-corrected chi connectivity index (χ1v) is 5.76. The van der Waals surface area contributed by atoms with E-state index in [-0.39, 0.29) is 5.78 Å². The minimum Gasteiger partial charge on any atom is -0.353 e. The summed E-state index contributed by atoms with van der Waals surface area (Å²) in [4.78, 5) is 12.3. The molecular formula is C15H14N2O. The Kier molecular flexibility index (Phi) is 3.29. The van der Waals surface area contributed by atoms with Crippen LogP contribution in [-0.4, -0.2) is 10.4 Å². The van der Waals surface area contributed by atoms with Crippen molar-refractivity contribution >= 4 is 5.78 Å². The molecule has 90 valence electrons. The molecule has 3 nitrogen and oxygen atoms in total. The number of aromatic nitrogens is 1. The smallest absolute Gasteiger partial charge is 0.194 e. The standard InChI is InChI=1S/C15H14N2O/c1-11-5-3-4-6-14(11)15(18)12-9-13(7-8-16)17(2)10-12/h3-6,9-10H,7H2,1-2H3. The lowest BCUT2D eigenvalue weighted by molar-refractivity contribution is 0.103. The van der Waals surface area contributed by atoms with Gasteiger partial charge in [0, 0.05) is 30.1 Å². The van der Waals surface area contributed by atoms with E-state index in [0.29, 0.717) is 17.5 Å². The monoisotopic (exact) mass is 238 g/mol. The number of aryl methyl sites for hydroxylation is 2. The molecule has 1 aromatic heterocycles. The maximum Gasteiger partial charge on any atom is 0.194 e. The van der Waals surface area contributed by atoms with Crippen molar-refractivity contribution in [3.05, 3.63) is 58.9 Å². The van der Waals surface area contributed by atoms with E-state index in [4.69, 9.17) is 5.26 Å². The van der Waals surface area contributed by atoms with Crippen molar-refractivity contribution < 1.29 is 4.79 Å². The van der Waals surface area contributed by atoms with Gasteiger partial charge in [0.1, 0.15) is 0 Å². The molecule has 0 atom stereocenters. The summed E-state index contributed by atoms with van der Waals surface area (Å²) in [6.45, 7) is 1.92. The van der Waals surface area contributed by atoms with Gasteiger partial charge in [-0.25, -0.2) is 0 Å². The van der Waals surface area contributed by atoms with E-state index >= 15 is 0 Å². The number of nitrogens with zero attached hydrogens (tertiary/aromatic N) is 2. The highest BCUT2D eigenvalue weighted by molar-refractivity contribution is 6.09. The molecule has 18 heavy (non-hydrogen) atoms. The van der Waals surface area contributed by atoms with Gasteiger partial charge in [-0.3, -0.25) is 4.79 Å². The third-order valence-corrected chi connectivity index (χ3v) is 3.02. The van der Waals surface area contributed by atoms with Crippen LogP contribution in [-0.2, 0) is 13.5 Å². The number of carbonyl (C=O) groups is 1. The van der Waals surface area contributed by atoms with Crippen molar-refractivity contribution in [2.45, 2.75) is 13.3 Å². The van der Waals surface area contributed by atoms with Crippen LogP contribution in [0.4, 0.5) is 0 Å². The Hall–Kier alpha value is -2.34. The summed E-state index contributed by atoms with van der Waals surface area (Å²) in [5, 5.41) is 8.70. The minimum absolute atomic E-state index is 0.00731. The number of hydrogen-bond donors (Lipinski definition) is 0. The first-order valence-electron chi connectivity index (χ1n) is 5.76. The lowest BCUT2D eigenvalue weighted by atomic mass is 10.0. The number of ketones is 1. The van der Waals surface area contributed by atoms with Gasteiger partial charge >= 0.3 is 0 Å². The fourth-order valence-electron chi connectivity index (χ4n) is 1.97. The van der Waals surface area contributed by atoms with E-state index in [9.17, 15) is 4.79 Å². The molecule has 1 aromatic carbocycles. The molecule has 0 N–H and O–H groups in total. The van der Waals surface area contributed by atoms with Gasteiger partial charge < -0.3 is 4.57 Å². The molecule has 0 fully saturated rings. The van der Waals surface area contributed by atoms with Crippen LogP contribution < -0.4 is 0 Å². The van der Waals surface area contributed by atoms with Crippen molar-refractivity contribution in [1.82, 2.24) is 4.57 Å². The van der Waals surface area contributed by atoms with E-state index in [1.807, 2.05) is 42.8 Å². The highest BCUT2D eigenvalue weighted by atomic mass is 16.1. The fourth-order valence-corrected chi connectivity index (χ4v) is 1.97. The Balaban J connectivity index is 2.39. The molecule has 0 saturated heterocycles. The number of carbonyl (C=O) groups excluding carboxylic acids is 1. The van der Waals surface area contributed by atoms with Gasteiger partial charge in [-0.1, -0.05) is 24.3 Å². The highest BCUT2D eigenvalue weighted by Gasteiger charge is 2.14. The Morgan fingerprint density at radius 1 is 1.39 bits per heavy atom. The molecule has 0 radical (unpaired) electrons. The van der Waals surface area contributed by atoms with Crippen LogP contribution in [0.5, 0.6) is 0 Å². The van der Waals surface area contributed by atoms with E-state index in [0.717, 1.165) is 11.3 Å². The summed E-state index contributed by atoms with van der Waals surface area (Å²) in [6.07, 6.45) is 2.10. The molecule has 0 saturated carbocycles. The van der Waals surface area contributed by atoms with Crippen LogP contribution in [0.15, 0.2) is 36.5 Å². The molecule has 0 amide bonds. The molecular weight excluding hydrogens is 224 g/mol. The van der Waals surface area contributed by atoms with Crippen molar-refractivity contribution in [2.75, 3.05) is 0 Å². The second-order valence-electron chi connectivity index (χ2n) is 4.31. The number of rotatable bonds is 3. The first kappa shape index (κ1) is 12.1. The zero-order valence-corrected chi connectivity index (χ0v) is 10.5. The summed E-state index contributed by atoms with van der Waals surface area (Å²) in [6, 6.07) is 11.4. The second kappa shape index (κ2) is 4.89. The average Bonchev–Trinajstić information content (AvgIpc) is 2.71. The van der Waals surface area contributed by atoms with Crippen LogP contribution in [0, 0.1) is 18.3 Å². The molecule has 0 unspecified atom stereocenters. The number of benzene rings is 1. The molecule has 0 aliphatic heterocycles. The zero-order chi connectivity index (χ0) is 13.1.